The Morgan fingerprint density at radius 2 is 2.05 bits per heavy atom. The highest BCUT2D eigenvalue weighted by Gasteiger charge is 2.13. The van der Waals surface area contributed by atoms with Gasteiger partial charge in [0.15, 0.2) is 0 Å². The van der Waals surface area contributed by atoms with E-state index in [-0.39, 0.29) is 0 Å². The number of pyridine rings is 1. The Bertz CT molecular complexity index is 697. The van der Waals surface area contributed by atoms with Gasteiger partial charge in [-0.05, 0) is 30.0 Å². The van der Waals surface area contributed by atoms with Crippen molar-refractivity contribution >= 4 is 11.8 Å². The van der Waals surface area contributed by atoms with Crippen LogP contribution in [0, 0.1) is 0 Å². The predicted molar refractivity (Wildman–Crippen MR) is 79.4 cm³/mol. The fourth-order valence-corrected chi connectivity index (χ4v) is 2.67. The maximum absolute atomic E-state index is 5.39. The predicted octanol–water partition coefficient (Wildman–Crippen LogP) is 3.91. The van der Waals surface area contributed by atoms with Crippen LogP contribution < -0.4 is 0 Å². The minimum absolute atomic E-state index is 0.542. The lowest BCUT2D eigenvalue weighted by molar-refractivity contribution is 0.431. The van der Waals surface area contributed by atoms with Gasteiger partial charge in [-0.1, -0.05) is 24.2 Å². The van der Waals surface area contributed by atoms with Gasteiger partial charge in [-0.2, -0.15) is 4.98 Å². The summed E-state index contributed by atoms with van der Waals surface area (Å²) in [7, 11) is 0. The zero-order valence-electron chi connectivity index (χ0n) is 11.0. The maximum atomic E-state index is 5.39. The zero-order valence-corrected chi connectivity index (χ0v) is 11.8. The summed E-state index contributed by atoms with van der Waals surface area (Å²) in [6, 6.07) is 11.8. The van der Waals surface area contributed by atoms with E-state index in [9.17, 15) is 0 Å². The van der Waals surface area contributed by atoms with E-state index in [4.69, 9.17) is 4.52 Å². The third kappa shape index (κ3) is 2.58. The van der Waals surface area contributed by atoms with Crippen LogP contribution in [0.3, 0.4) is 0 Å². The molecule has 0 aliphatic rings. The fourth-order valence-electron chi connectivity index (χ4n) is 1.87. The second kappa shape index (κ2) is 5.88. The highest BCUT2D eigenvalue weighted by atomic mass is 32.2. The van der Waals surface area contributed by atoms with Crippen LogP contribution in [0.25, 0.3) is 22.8 Å². The molecule has 0 N–H and O–H groups in total. The molecular formula is C15H13N3OS. The lowest BCUT2D eigenvalue weighted by Gasteiger charge is -2.02. The topological polar surface area (TPSA) is 51.8 Å². The fraction of sp³-hybridized carbons (Fsp3) is 0.133. The average Bonchev–Trinajstić information content (AvgIpc) is 2.99. The third-order valence-corrected chi connectivity index (χ3v) is 3.72. The van der Waals surface area contributed by atoms with Crippen molar-refractivity contribution in [3.05, 3.63) is 48.8 Å². The molecule has 0 spiro atoms. The van der Waals surface area contributed by atoms with Crippen molar-refractivity contribution < 1.29 is 4.52 Å². The number of benzene rings is 1. The average molecular weight is 283 g/mol. The Morgan fingerprint density at radius 1 is 1.15 bits per heavy atom. The summed E-state index contributed by atoms with van der Waals surface area (Å²) < 4.78 is 5.39. The van der Waals surface area contributed by atoms with Crippen LogP contribution in [0.1, 0.15) is 6.92 Å². The lowest BCUT2D eigenvalue weighted by atomic mass is 10.2. The van der Waals surface area contributed by atoms with Gasteiger partial charge in [0.25, 0.3) is 5.89 Å². The van der Waals surface area contributed by atoms with Crippen molar-refractivity contribution in [1.82, 2.24) is 15.1 Å². The molecule has 1 aromatic carbocycles. The summed E-state index contributed by atoms with van der Waals surface area (Å²) >= 11 is 1.76. The van der Waals surface area contributed by atoms with Crippen LogP contribution in [0.2, 0.25) is 0 Å². The van der Waals surface area contributed by atoms with Crippen molar-refractivity contribution in [3.8, 4) is 22.8 Å². The number of thioether (sulfide) groups is 1. The van der Waals surface area contributed by atoms with E-state index < -0.39 is 0 Å². The molecule has 100 valence electrons. The van der Waals surface area contributed by atoms with E-state index in [0.29, 0.717) is 11.7 Å². The largest absolute Gasteiger partial charge is 0.334 e. The second-order valence-corrected chi connectivity index (χ2v) is 5.40. The van der Waals surface area contributed by atoms with Gasteiger partial charge in [-0.25, -0.2) is 0 Å². The molecule has 20 heavy (non-hydrogen) atoms. The Kier molecular flexibility index (Phi) is 3.78. The van der Waals surface area contributed by atoms with Gasteiger partial charge in [-0.3, -0.25) is 4.98 Å². The molecule has 2 heterocycles. The molecule has 0 saturated carbocycles. The van der Waals surface area contributed by atoms with Gasteiger partial charge < -0.3 is 4.52 Å². The highest BCUT2D eigenvalue weighted by molar-refractivity contribution is 7.99. The van der Waals surface area contributed by atoms with Crippen molar-refractivity contribution in [3.63, 3.8) is 0 Å². The standard InChI is InChI=1S/C15H13N3OS/c1-2-20-13-8-4-3-7-12(13)15-17-14(18-19-15)11-6-5-9-16-10-11/h3-10H,2H2,1H3. The van der Waals surface area contributed by atoms with Crippen LogP contribution in [-0.4, -0.2) is 20.9 Å². The Balaban J connectivity index is 1.98. The van der Waals surface area contributed by atoms with Crippen molar-refractivity contribution in [2.45, 2.75) is 11.8 Å². The van der Waals surface area contributed by atoms with Gasteiger partial charge in [0.2, 0.25) is 5.82 Å². The second-order valence-electron chi connectivity index (χ2n) is 4.09. The molecule has 0 radical (unpaired) electrons. The SMILES string of the molecule is CCSc1ccccc1-c1nc(-c2cccnc2)no1. The first-order chi connectivity index (χ1) is 9.88. The first-order valence-electron chi connectivity index (χ1n) is 6.35. The first-order valence-corrected chi connectivity index (χ1v) is 7.33. The van der Waals surface area contributed by atoms with Crippen LogP contribution in [-0.2, 0) is 0 Å². The Hall–Kier alpha value is -2.14. The molecule has 0 amide bonds. The van der Waals surface area contributed by atoms with Crippen molar-refractivity contribution in [2.75, 3.05) is 5.75 Å². The van der Waals surface area contributed by atoms with Crippen molar-refractivity contribution in [2.24, 2.45) is 0 Å². The van der Waals surface area contributed by atoms with Crippen LogP contribution in [0.15, 0.2) is 58.2 Å². The van der Waals surface area contributed by atoms with Crippen molar-refractivity contribution in [1.29, 1.82) is 0 Å². The Morgan fingerprint density at radius 3 is 2.85 bits per heavy atom. The van der Waals surface area contributed by atoms with E-state index >= 15 is 0 Å². The molecule has 0 aliphatic heterocycles. The van der Waals surface area contributed by atoms with E-state index in [1.165, 1.54) is 0 Å². The molecule has 0 saturated heterocycles. The summed E-state index contributed by atoms with van der Waals surface area (Å²) in [5.41, 5.74) is 1.82. The van der Waals surface area contributed by atoms with Crippen LogP contribution in [0.4, 0.5) is 0 Å². The molecule has 0 unspecified atom stereocenters. The molecule has 4 nitrogen and oxygen atoms in total. The van der Waals surface area contributed by atoms with Crippen LogP contribution >= 0.6 is 11.8 Å². The highest BCUT2D eigenvalue weighted by Crippen LogP contribution is 2.31. The van der Waals surface area contributed by atoms with Gasteiger partial charge >= 0.3 is 0 Å². The molecule has 0 aliphatic carbocycles. The summed E-state index contributed by atoms with van der Waals surface area (Å²) in [4.78, 5) is 9.68. The van der Waals surface area contributed by atoms with Gasteiger partial charge in [-0.15, -0.1) is 11.8 Å². The minimum Gasteiger partial charge on any atom is -0.334 e. The molecule has 2 aromatic heterocycles. The molecule has 5 heteroatoms. The zero-order chi connectivity index (χ0) is 13.8. The third-order valence-electron chi connectivity index (χ3n) is 2.76. The number of nitrogens with zero attached hydrogens (tertiary/aromatic N) is 3. The summed E-state index contributed by atoms with van der Waals surface area (Å²) in [5.74, 6) is 2.10. The number of rotatable bonds is 4. The van der Waals surface area contributed by atoms with E-state index in [0.717, 1.165) is 21.8 Å². The lowest BCUT2D eigenvalue weighted by Crippen LogP contribution is -1.84. The first kappa shape index (κ1) is 12.9. The molecule has 0 bridgehead atoms. The van der Waals surface area contributed by atoms with Crippen LogP contribution in [0.5, 0.6) is 0 Å². The number of aromatic nitrogens is 3. The molecule has 0 atom stereocenters. The smallest absolute Gasteiger partial charge is 0.259 e. The number of hydrogen-bond donors (Lipinski definition) is 0. The quantitative estimate of drug-likeness (QED) is 0.679. The van der Waals surface area contributed by atoms with Gasteiger partial charge in [0, 0.05) is 22.9 Å². The number of hydrogen-bond acceptors (Lipinski definition) is 5. The molecule has 3 aromatic rings. The monoisotopic (exact) mass is 283 g/mol. The minimum atomic E-state index is 0.542. The van der Waals surface area contributed by atoms with E-state index in [2.05, 4.69) is 28.1 Å². The van der Waals surface area contributed by atoms with E-state index in [1.807, 2.05) is 30.3 Å². The maximum Gasteiger partial charge on any atom is 0.259 e. The van der Waals surface area contributed by atoms with E-state index in [1.54, 1.807) is 24.2 Å². The molecular weight excluding hydrogens is 270 g/mol. The summed E-state index contributed by atoms with van der Waals surface area (Å²) in [5, 5.41) is 4.03. The Labute approximate surface area is 121 Å². The normalized spacial score (nSPS) is 10.7. The molecule has 0 fully saturated rings. The summed E-state index contributed by atoms with van der Waals surface area (Å²) in [6.07, 6.45) is 3.44. The van der Waals surface area contributed by atoms with Gasteiger partial charge in [0.05, 0.1) is 5.56 Å². The summed E-state index contributed by atoms with van der Waals surface area (Å²) in [6.45, 7) is 2.12. The van der Waals surface area contributed by atoms with Gasteiger partial charge in [0.1, 0.15) is 0 Å². The molecule has 3 rings (SSSR count).